The van der Waals surface area contributed by atoms with Gasteiger partial charge in [0.15, 0.2) is 0 Å². The highest BCUT2D eigenvalue weighted by Gasteiger charge is 2.15. The first-order valence-electron chi connectivity index (χ1n) is 8.00. The van der Waals surface area contributed by atoms with Gasteiger partial charge in [-0.2, -0.15) is 0 Å². The van der Waals surface area contributed by atoms with Gasteiger partial charge in [-0.15, -0.1) is 0 Å². The summed E-state index contributed by atoms with van der Waals surface area (Å²) >= 11 is 3.40. The maximum Gasteiger partial charge on any atom is 0.259 e. The van der Waals surface area contributed by atoms with E-state index >= 15 is 0 Å². The predicted molar refractivity (Wildman–Crippen MR) is 105 cm³/mol. The van der Waals surface area contributed by atoms with Crippen LogP contribution >= 0.6 is 15.9 Å². The van der Waals surface area contributed by atoms with Crippen molar-refractivity contribution in [2.75, 3.05) is 11.9 Å². The maximum atomic E-state index is 12.7. The van der Waals surface area contributed by atoms with E-state index in [9.17, 15) is 4.79 Å². The first-order valence-corrected chi connectivity index (χ1v) is 8.79. The van der Waals surface area contributed by atoms with Crippen LogP contribution in [-0.4, -0.2) is 18.6 Å². The average Bonchev–Trinajstić information content (AvgIpc) is 2.54. The highest BCUT2D eigenvalue weighted by atomic mass is 79.9. The van der Waals surface area contributed by atoms with Gasteiger partial charge >= 0.3 is 0 Å². The van der Waals surface area contributed by atoms with Gasteiger partial charge in [-0.05, 0) is 56.7 Å². The molecule has 4 nitrogen and oxygen atoms in total. The number of hydrogen-bond donors (Lipinski definition) is 1. The Morgan fingerprint density at radius 1 is 1.24 bits per heavy atom. The van der Waals surface area contributed by atoms with Gasteiger partial charge in [0.05, 0.1) is 11.7 Å². The summed E-state index contributed by atoms with van der Waals surface area (Å²) in [5.74, 6) is 0.980. The molecule has 0 heterocycles. The van der Waals surface area contributed by atoms with Crippen LogP contribution in [0.3, 0.4) is 0 Å². The van der Waals surface area contributed by atoms with Gasteiger partial charge in [-0.1, -0.05) is 28.6 Å². The van der Waals surface area contributed by atoms with E-state index in [4.69, 9.17) is 9.47 Å². The zero-order valence-electron chi connectivity index (χ0n) is 14.6. The number of amides is 1. The van der Waals surface area contributed by atoms with E-state index in [0.717, 1.165) is 10.0 Å². The SMILES string of the molecule is C=C(C)COc1cccc(NC(=O)c2cc(Br)ccc2OC(C)C)c1. The van der Waals surface area contributed by atoms with Crippen molar-refractivity contribution in [3.63, 3.8) is 0 Å². The molecule has 0 radical (unpaired) electrons. The highest BCUT2D eigenvalue weighted by Crippen LogP contribution is 2.26. The highest BCUT2D eigenvalue weighted by molar-refractivity contribution is 9.10. The Labute approximate surface area is 157 Å². The van der Waals surface area contributed by atoms with E-state index < -0.39 is 0 Å². The molecule has 0 aliphatic heterocycles. The molecule has 2 rings (SSSR count). The third kappa shape index (κ3) is 5.94. The molecule has 2 aromatic carbocycles. The minimum absolute atomic E-state index is 0.0217. The fraction of sp³-hybridized carbons (Fsp3) is 0.250. The molecular weight excluding hydrogens is 382 g/mol. The number of carbonyl (C=O) groups is 1. The van der Waals surface area contributed by atoms with Crippen LogP contribution in [-0.2, 0) is 0 Å². The van der Waals surface area contributed by atoms with Crippen molar-refractivity contribution in [2.24, 2.45) is 0 Å². The summed E-state index contributed by atoms with van der Waals surface area (Å²) in [6.45, 7) is 9.99. The van der Waals surface area contributed by atoms with E-state index in [1.807, 2.05) is 45.0 Å². The number of nitrogens with one attached hydrogen (secondary N) is 1. The Hall–Kier alpha value is -2.27. The molecule has 25 heavy (non-hydrogen) atoms. The lowest BCUT2D eigenvalue weighted by molar-refractivity contribution is 0.102. The first kappa shape index (κ1) is 19.1. The summed E-state index contributed by atoms with van der Waals surface area (Å²) in [5.41, 5.74) is 2.05. The van der Waals surface area contributed by atoms with Crippen LogP contribution in [0.5, 0.6) is 11.5 Å². The molecule has 1 amide bonds. The summed E-state index contributed by atoms with van der Waals surface area (Å²) in [6, 6.07) is 12.6. The molecule has 132 valence electrons. The van der Waals surface area contributed by atoms with Crippen LogP contribution in [0.4, 0.5) is 5.69 Å². The Balaban J connectivity index is 2.18. The minimum atomic E-state index is -0.242. The molecule has 5 heteroatoms. The van der Waals surface area contributed by atoms with E-state index in [1.165, 1.54) is 0 Å². The molecule has 0 aromatic heterocycles. The molecule has 0 aliphatic carbocycles. The zero-order valence-corrected chi connectivity index (χ0v) is 16.2. The minimum Gasteiger partial charge on any atom is -0.490 e. The zero-order chi connectivity index (χ0) is 18.4. The van der Waals surface area contributed by atoms with Crippen LogP contribution in [0.15, 0.2) is 59.1 Å². The van der Waals surface area contributed by atoms with Gasteiger partial charge in [0.25, 0.3) is 5.91 Å². The predicted octanol–water partition coefficient (Wildman–Crippen LogP) is 5.44. The lowest BCUT2D eigenvalue weighted by atomic mass is 10.1. The van der Waals surface area contributed by atoms with Crippen molar-refractivity contribution in [3.05, 3.63) is 64.7 Å². The quantitative estimate of drug-likeness (QED) is 0.625. The lowest BCUT2D eigenvalue weighted by Crippen LogP contribution is -2.16. The van der Waals surface area contributed by atoms with Crippen molar-refractivity contribution in [3.8, 4) is 11.5 Å². The summed E-state index contributed by atoms with van der Waals surface area (Å²) in [6.07, 6.45) is -0.0217. The second-order valence-electron chi connectivity index (χ2n) is 6.03. The van der Waals surface area contributed by atoms with Crippen LogP contribution in [0.1, 0.15) is 31.1 Å². The maximum absolute atomic E-state index is 12.7. The number of benzene rings is 2. The van der Waals surface area contributed by atoms with Crippen LogP contribution in [0.25, 0.3) is 0 Å². The van der Waals surface area contributed by atoms with Crippen LogP contribution in [0, 0.1) is 0 Å². The Morgan fingerprint density at radius 3 is 2.68 bits per heavy atom. The van der Waals surface area contributed by atoms with Crippen molar-refractivity contribution in [1.29, 1.82) is 0 Å². The summed E-state index contributed by atoms with van der Waals surface area (Å²) in [5, 5.41) is 2.88. The van der Waals surface area contributed by atoms with Crippen LogP contribution < -0.4 is 14.8 Å². The monoisotopic (exact) mass is 403 g/mol. The van der Waals surface area contributed by atoms with E-state index in [2.05, 4.69) is 27.8 Å². The molecule has 0 fully saturated rings. The second-order valence-corrected chi connectivity index (χ2v) is 6.95. The van der Waals surface area contributed by atoms with E-state index in [-0.39, 0.29) is 12.0 Å². The topological polar surface area (TPSA) is 47.6 Å². The fourth-order valence-corrected chi connectivity index (χ4v) is 2.47. The molecular formula is C20H22BrNO3. The molecule has 0 saturated carbocycles. The molecule has 0 aliphatic rings. The molecule has 0 saturated heterocycles. The number of hydrogen-bond acceptors (Lipinski definition) is 3. The van der Waals surface area contributed by atoms with Gasteiger partial charge in [0, 0.05) is 16.2 Å². The van der Waals surface area contributed by atoms with Crippen molar-refractivity contribution < 1.29 is 14.3 Å². The summed E-state index contributed by atoms with van der Waals surface area (Å²) < 4.78 is 12.2. The first-order chi connectivity index (χ1) is 11.8. The molecule has 2 aromatic rings. The number of rotatable bonds is 7. The Kier molecular flexibility index (Phi) is 6.65. The molecule has 0 unspecified atom stereocenters. The molecule has 1 N–H and O–H groups in total. The second kappa shape index (κ2) is 8.72. The average molecular weight is 404 g/mol. The summed E-state index contributed by atoms with van der Waals surface area (Å²) in [4.78, 5) is 12.7. The lowest BCUT2D eigenvalue weighted by Gasteiger charge is -2.15. The van der Waals surface area contributed by atoms with Gasteiger partial charge in [-0.3, -0.25) is 4.79 Å². The largest absolute Gasteiger partial charge is 0.490 e. The van der Waals surface area contributed by atoms with Gasteiger partial charge in [0.2, 0.25) is 0 Å². The molecule has 0 spiro atoms. The smallest absolute Gasteiger partial charge is 0.259 e. The number of anilines is 1. The van der Waals surface area contributed by atoms with Crippen molar-refractivity contribution >= 4 is 27.5 Å². The third-order valence-electron chi connectivity index (χ3n) is 3.13. The normalized spacial score (nSPS) is 10.4. The molecule has 0 atom stereocenters. The third-order valence-corrected chi connectivity index (χ3v) is 3.62. The molecule has 0 bridgehead atoms. The number of carbonyl (C=O) groups excluding carboxylic acids is 1. The fourth-order valence-electron chi connectivity index (χ4n) is 2.10. The van der Waals surface area contributed by atoms with Gasteiger partial charge < -0.3 is 14.8 Å². The van der Waals surface area contributed by atoms with Crippen molar-refractivity contribution in [2.45, 2.75) is 26.9 Å². The summed E-state index contributed by atoms with van der Waals surface area (Å²) in [7, 11) is 0. The number of ether oxygens (including phenoxy) is 2. The van der Waals surface area contributed by atoms with E-state index in [0.29, 0.717) is 29.4 Å². The van der Waals surface area contributed by atoms with Crippen molar-refractivity contribution in [1.82, 2.24) is 0 Å². The Bertz CT molecular complexity index is 771. The van der Waals surface area contributed by atoms with E-state index in [1.54, 1.807) is 18.2 Å². The Morgan fingerprint density at radius 2 is 2.00 bits per heavy atom. The number of halogens is 1. The standard InChI is InChI=1S/C20H22BrNO3/c1-13(2)12-24-17-7-5-6-16(11-17)22-20(23)18-10-15(21)8-9-19(18)25-14(3)4/h5-11,14H,1,12H2,2-4H3,(H,22,23). The van der Waals surface area contributed by atoms with Gasteiger partial charge in [-0.25, -0.2) is 0 Å². The van der Waals surface area contributed by atoms with Gasteiger partial charge in [0.1, 0.15) is 18.1 Å². The van der Waals surface area contributed by atoms with Crippen LogP contribution in [0.2, 0.25) is 0 Å².